The van der Waals surface area contributed by atoms with Crippen molar-refractivity contribution < 1.29 is 0 Å². The second-order valence-electron chi connectivity index (χ2n) is 3.19. The summed E-state index contributed by atoms with van der Waals surface area (Å²) in [6.45, 7) is 0. The van der Waals surface area contributed by atoms with Crippen molar-refractivity contribution >= 4 is 5.65 Å². The number of hydrogen-bond donors (Lipinski definition) is 0. The first-order chi connectivity index (χ1) is 7.45. The van der Waals surface area contributed by atoms with Gasteiger partial charge in [-0.05, 0) is 18.2 Å². The summed E-state index contributed by atoms with van der Waals surface area (Å²) in [5.74, 6) is 0. The minimum absolute atomic E-state index is 0.844. The summed E-state index contributed by atoms with van der Waals surface area (Å²) in [4.78, 5) is 12.4. The molecular weight excluding hydrogens is 188 g/mol. The van der Waals surface area contributed by atoms with Crippen LogP contribution in [-0.4, -0.2) is 19.4 Å². The molecule has 0 spiro atoms. The number of rotatable bonds is 1. The number of imidazole rings is 1. The Bertz CT molecular complexity index is 586. The van der Waals surface area contributed by atoms with Gasteiger partial charge in [0.1, 0.15) is 6.33 Å². The van der Waals surface area contributed by atoms with E-state index in [-0.39, 0.29) is 0 Å². The first-order valence-corrected chi connectivity index (χ1v) is 4.62. The maximum atomic E-state index is 4.21. The lowest BCUT2D eigenvalue weighted by molar-refractivity contribution is 1.11. The summed E-state index contributed by atoms with van der Waals surface area (Å²) in [5.41, 5.74) is 2.95. The van der Waals surface area contributed by atoms with Gasteiger partial charge in [-0.15, -0.1) is 0 Å². The van der Waals surface area contributed by atoms with Crippen molar-refractivity contribution in [1.29, 1.82) is 0 Å². The van der Waals surface area contributed by atoms with Crippen LogP contribution in [0.4, 0.5) is 0 Å². The Morgan fingerprint density at radius 3 is 2.87 bits per heavy atom. The standard InChI is InChI=1S/C11H8N4/c1-2-9(6-12-4-1)10-3-5-14-11-7-13-8-15(10)11/h1-8H. The Balaban J connectivity index is 2.31. The van der Waals surface area contributed by atoms with Gasteiger partial charge in [-0.1, -0.05) is 0 Å². The number of nitrogens with zero attached hydrogens (tertiary/aromatic N) is 4. The largest absolute Gasteiger partial charge is 0.283 e. The monoisotopic (exact) mass is 196 g/mol. The van der Waals surface area contributed by atoms with Crippen molar-refractivity contribution in [2.24, 2.45) is 0 Å². The summed E-state index contributed by atoms with van der Waals surface area (Å²) in [6.07, 6.45) is 8.86. The predicted molar refractivity (Wildman–Crippen MR) is 56.2 cm³/mol. The molecule has 4 nitrogen and oxygen atoms in total. The van der Waals surface area contributed by atoms with Gasteiger partial charge in [-0.3, -0.25) is 9.38 Å². The van der Waals surface area contributed by atoms with Crippen LogP contribution in [0.2, 0.25) is 0 Å². The molecule has 3 aromatic rings. The average Bonchev–Trinajstić information content (AvgIpc) is 2.78. The van der Waals surface area contributed by atoms with Crippen LogP contribution in [0.3, 0.4) is 0 Å². The van der Waals surface area contributed by atoms with Crippen molar-refractivity contribution in [3.8, 4) is 11.3 Å². The summed E-state index contributed by atoms with van der Waals surface area (Å²) in [5, 5.41) is 0. The molecule has 0 aliphatic heterocycles. The second kappa shape index (κ2) is 3.16. The van der Waals surface area contributed by atoms with Crippen molar-refractivity contribution in [2.45, 2.75) is 0 Å². The average molecular weight is 196 g/mol. The van der Waals surface area contributed by atoms with Crippen LogP contribution in [-0.2, 0) is 0 Å². The fourth-order valence-corrected chi connectivity index (χ4v) is 1.58. The van der Waals surface area contributed by atoms with E-state index in [0.29, 0.717) is 0 Å². The first kappa shape index (κ1) is 8.11. The van der Waals surface area contributed by atoms with Crippen LogP contribution >= 0.6 is 0 Å². The van der Waals surface area contributed by atoms with E-state index in [1.807, 2.05) is 28.8 Å². The maximum Gasteiger partial charge on any atom is 0.156 e. The fraction of sp³-hybridized carbons (Fsp3) is 0. The maximum absolute atomic E-state index is 4.21. The molecule has 15 heavy (non-hydrogen) atoms. The molecule has 0 saturated carbocycles. The van der Waals surface area contributed by atoms with Crippen LogP contribution in [0.1, 0.15) is 0 Å². The second-order valence-corrected chi connectivity index (χ2v) is 3.19. The predicted octanol–water partition coefficient (Wildman–Crippen LogP) is 1.79. The zero-order valence-corrected chi connectivity index (χ0v) is 7.91. The lowest BCUT2D eigenvalue weighted by Crippen LogP contribution is -1.92. The number of hydrogen-bond acceptors (Lipinski definition) is 3. The van der Waals surface area contributed by atoms with Crippen molar-refractivity contribution in [3.05, 3.63) is 49.3 Å². The Kier molecular flexibility index (Phi) is 1.71. The van der Waals surface area contributed by atoms with E-state index in [0.717, 1.165) is 16.9 Å². The smallest absolute Gasteiger partial charge is 0.156 e. The molecule has 0 radical (unpaired) electrons. The molecule has 3 rings (SSSR count). The molecule has 3 heterocycles. The molecular formula is C11H8N4. The highest BCUT2D eigenvalue weighted by Crippen LogP contribution is 2.17. The van der Waals surface area contributed by atoms with E-state index in [1.165, 1.54) is 0 Å². The fourth-order valence-electron chi connectivity index (χ4n) is 1.58. The zero-order chi connectivity index (χ0) is 10.1. The van der Waals surface area contributed by atoms with Gasteiger partial charge in [0.05, 0.1) is 11.9 Å². The highest BCUT2D eigenvalue weighted by atomic mass is 15.0. The Hall–Kier alpha value is -2.23. The van der Waals surface area contributed by atoms with Crippen molar-refractivity contribution in [2.75, 3.05) is 0 Å². The zero-order valence-electron chi connectivity index (χ0n) is 7.91. The van der Waals surface area contributed by atoms with E-state index in [2.05, 4.69) is 15.0 Å². The minimum atomic E-state index is 0.844. The quantitative estimate of drug-likeness (QED) is 0.596. The highest BCUT2D eigenvalue weighted by molar-refractivity contribution is 5.61. The highest BCUT2D eigenvalue weighted by Gasteiger charge is 2.02. The SMILES string of the molecule is c1cncc(-c2ccnc3cncn23)c1. The summed E-state index contributed by atoms with van der Waals surface area (Å²) in [6, 6.07) is 5.88. The molecule has 0 saturated heterocycles. The van der Waals surface area contributed by atoms with Gasteiger partial charge >= 0.3 is 0 Å². The molecule has 0 N–H and O–H groups in total. The van der Waals surface area contributed by atoms with Gasteiger partial charge in [0, 0.05) is 24.2 Å². The van der Waals surface area contributed by atoms with E-state index in [1.54, 1.807) is 24.9 Å². The molecule has 0 aliphatic carbocycles. The third-order valence-electron chi connectivity index (χ3n) is 2.28. The normalized spacial score (nSPS) is 10.7. The Labute approximate surface area is 86.3 Å². The lowest BCUT2D eigenvalue weighted by Gasteiger charge is -2.03. The van der Waals surface area contributed by atoms with Gasteiger partial charge in [0.25, 0.3) is 0 Å². The van der Waals surface area contributed by atoms with Crippen LogP contribution in [0.5, 0.6) is 0 Å². The number of pyridine rings is 1. The Morgan fingerprint density at radius 1 is 1.00 bits per heavy atom. The summed E-state index contributed by atoms with van der Waals surface area (Å²) >= 11 is 0. The molecule has 0 amide bonds. The first-order valence-electron chi connectivity index (χ1n) is 4.62. The van der Waals surface area contributed by atoms with Crippen LogP contribution in [0, 0.1) is 0 Å². The van der Waals surface area contributed by atoms with E-state index in [4.69, 9.17) is 0 Å². The third kappa shape index (κ3) is 1.27. The molecule has 0 unspecified atom stereocenters. The van der Waals surface area contributed by atoms with E-state index < -0.39 is 0 Å². The number of fused-ring (bicyclic) bond motifs is 1. The molecule has 0 bridgehead atoms. The summed E-state index contributed by atoms with van der Waals surface area (Å²) in [7, 11) is 0. The van der Waals surface area contributed by atoms with Crippen LogP contribution < -0.4 is 0 Å². The van der Waals surface area contributed by atoms with E-state index in [9.17, 15) is 0 Å². The molecule has 0 aliphatic rings. The van der Waals surface area contributed by atoms with Gasteiger partial charge in [0.2, 0.25) is 0 Å². The molecule has 3 aromatic heterocycles. The van der Waals surface area contributed by atoms with E-state index >= 15 is 0 Å². The van der Waals surface area contributed by atoms with Crippen LogP contribution in [0.25, 0.3) is 16.9 Å². The van der Waals surface area contributed by atoms with Crippen molar-refractivity contribution in [1.82, 2.24) is 19.4 Å². The van der Waals surface area contributed by atoms with Gasteiger partial charge in [-0.25, -0.2) is 9.97 Å². The molecule has 72 valence electrons. The summed E-state index contributed by atoms with van der Waals surface area (Å²) < 4.78 is 1.94. The molecule has 0 fully saturated rings. The number of aromatic nitrogens is 4. The van der Waals surface area contributed by atoms with Gasteiger partial charge < -0.3 is 0 Å². The third-order valence-corrected chi connectivity index (χ3v) is 2.28. The molecule has 4 heteroatoms. The lowest BCUT2D eigenvalue weighted by atomic mass is 10.2. The Morgan fingerprint density at radius 2 is 2.00 bits per heavy atom. The topological polar surface area (TPSA) is 43.1 Å². The molecule has 0 atom stereocenters. The van der Waals surface area contributed by atoms with Crippen LogP contribution in [0.15, 0.2) is 49.3 Å². The van der Waals surface area contributed by atoms with Gasteiger partial charge in [0.15, 0.2) is 5.65 Å². The van der Waals surface area contributed by atoms with Gasteiger partial charge in [-0.2, -0.15) is 0 Å². The minimum Gasteiger partial charge on any atom is -0.283 e. The van der Waals surface area contributed by atoms with Crippen molar-refractivity contribution in [3.63, 3.8) is 0 Å². The molecule has 0 aromatic carbocycles.